The summed E-state index contributed by atoms with van der Waals surface area (Å²) in [6.07, 6.45) is 2.18. The van der Waals surface area contributed by atoms with Crippen molar-refractivity contribution >= 4 is 11.3 Å². The quantitative estimate of drug-likeness (QED) is 0.884. The summed E-state index contributed by atoms with van der Waals surface area (Å²) in [4.78, 5) is 2.83. The van der Waals surface area contributed by atoms with Crippen molar-refractivity contribution in [2.24, 2.45) is 0 Å². The molecule has 1 aliphatic rings. The van der Waals surface area contributed by atoms with Gasteiger partial charge < -0.3 is 10.1 Å². The van der Waals surface area contributed by atoms with E-state index in [1.54, 1.807) is 0 Å². The Morgan fingerprint density at radius 1 is 1.29 bits per heavy atom. The molecule has 1 atom stereocenters. The summed E-state index contributed by atoms with van der Waals surface area (Å²) in [6.45, 7) is 8.47. The lowest BCUT2D eigenvalue weighted by molar-refractivity contribution is 0.357. The van der Waals surface area contributed by atoms with E-state index in [0.29, 0.717) is 6.04 Å². The third-order valence-electron chi connectivity index (χ3n) is 4.11. The maximum absolute atomic E-state index is 5.63. The zero-order valence-electron chi connectivity index (χ0n) is 13.0. The molecule has 0 aliphatic carbocycles. The summed E-state index contributed by atoms with van der Waals surface area (Å²) < 4.78 is 5.63. The van der Waals surface area contributed by atoms with E-state index in [-0.39, 0.29) is 0 Å². The maximum atomic E-state index is 5.63. The van der Waals surface area contributed by atoms with E-state index in [9.17, 15) is 0 Å². The molecule has 0 spiro atoms. The average molecular weight is 301 g/mol. The topological polar surface area (TPSA) is 21.3 Å². The molecular weight excluding hydrogens is 278 g/mol. The van der Waals surface area contributed by atoms with Gasteiger partial charge in [0, 0.05) is 16.2 Å². The number of ether oxygens (including phenoxy) is 1. The molecule has 0 bridgehead atoms. The van der Waals surface area contributed by atoms with E-state index >= 15 is 0 Å². The van der Waals surface area contributed by atoms with Gasteiger partial charge in [-0.3, -0.25) is 0 Å². The van der Waals surface area contributed by atoms with Gasteiger partial charge in [0.2, 0.25) is 0 Å². The molecule has 0 amide bonds. The zero-order chi connectivity index (χ0) is 14.8. The maximum Gasteiger partial charge on any atom is 0.122 e. The van der Waals surface area contributed by atoms with Crippen LogP contribution in [-0.2, 0) is 6.42 Å². The second-order valence-corrected chi connectivity index (χ2v) is 7.03. The number of thiophene rings is 1. The molecule has 0 saturated heterocycles. The molecule has 1 aliphatic heterocycles. The predicted octanol–water partition coefficient (Wildman–Crippen LogP) is 4.39. The van der Waals surface area contributed by atoms with Gasteiger partial charge in [0.1, 0.15) is 5.75 Å². The first-order valence-electron chi connectivity index (χ1n) is 7.75. The Hall–Kier alpha value is -1.32. The molecule has 0 saturated carbocycles. The molecule has 1 unspecified atom stereocenters. The Bertz CT molecular complexity index is 613. The first-order valence-corrected chi connectivity index (χ1v) is 8.56. The van der Waals surface area contributed by atoms with Gasteiger partial charge in [-0.1, -0.05) is 19.1 Å². The molecule has 2 nitrogen and oxygen atoms in total. The highest BCUT2D eigenvalue weighted by Gasteiger charge is 2.19. The van der Waals surface area contributed by atoms with Crippen molar-refractivity contribution in [2.45, 2.75) is 39.7 Å². The van der Waals surface area contributed by atoms with Crippen LogP contribution in [0.1, 0.15) is 45.8 Å². The fourth-order valence-corrected chi connectivity index (χ4v) is 3.95. The van der Waals surface area contributed by atoms with Gasteiger partial charge in [-0.2, -0.15) is 0 Å². The molecule has 2 aromatic rings. The summed E-state index contributed by atoms with van der Waals surface area (Å²) in [5, 5.41) is 3.70. The molecule has 3 rings (SSSR count). The van der Waals surface area contributed by atoms with E-state index < -0.39 is 0 Å². The highest BCUT2D eigenvalue weighted by atomic mass is 32.1. The van der Waals surface area contributed by atoms with Crippen LogP contribution in [0.2, 0.25) is 0 Å². The third kappa shape index (κ3) is 2.99. The lowest BCUT2D eigenvalue weighted by Gasteiger charge is -2.18. The molecule has 1 aromatic carbocycles. The van der Waals surface area contributed by atoms with Gasteiger partial charge in [-0.05, 0) is 55.6 Å². The van der Waals surface area contributed by atoms with Crippen molar-refractivity contribution in [2.75, 3.05) is 13.2 Å². The lowest BCUT2D eigenvalue weighted by atomic mass is 10.0. The summed E-state index contributed by atoms with van der Waals surface area (Å²) in [5.41, 5.74) is 4.09. The molecule has 21 heavy (non-hydrogen) atoms. The van der Waals surface area contributed by atoms with Gasteiger partial charge in [-0.25, -0.2) is 0 Å². The first kappa shape index (κ1) is 14.6. The second kappa shape index (κ2) is 6.20. The number of nitrogens with one attached hydrogen (secondary N) is 1. The number of fused-ring (bicyclic) bond motifs is 1. The minimum absolute atomic E-state index is 0.299. The van der Waals surface area contributed by atoms with Crippen molar-refractivity contribution < 1.29 is 4.74 Å². The van der Waals surface area contributed by atoms with Gasteiger partial charge >= 0.3 is 0 Å². The first-order chi connectivity index (χ1) is 10.2. The molecule has 1 N–H and O–H groups in total. The second-order valence-electron chi connectivity index (χ2n) is 5.74. The van der Waals surface area contributed by atoms with Crippen LogP contribution in [0.3, 0.4) is 0 Å². The van der Waals surface area contributed by atoms with Crippen LogP contribution in [0.25, 0.3) is 0 Å². The SMILES string of the molecule is CCCNC(c1ccc2c(c1)CCO2)c1cc(C)c(C)s1. The fourth-order valence-electron chi connectivity index (χ4n) is 2.80. The number of rotatable bonds is 5. The van der Waals surface area contributed by atoms with E-state index in [4.69, 9.17) is 4.74 Å². The van der Waals surface area contributed by atoms with Gasteiger partial charge in [0.25, 0.3) is 0 Å². The van der Waals surface area contributed by atoms with E-state index in [1.807, 2.05) is 11.3 Å². The molecule has 112 valence electrons. The van der Waals surface area contributed by atoms with Crippen LogP contribution in [0, 0.1) is 13.8 Å². The Kier molecular flexibility index (Phi) is 4.32. The summed E-state index contributed by atoms with van der Waals surface area (Å²) in [5.74, 6) is 1.06. The van der Waals surface area contributed by atoms with Crippen LogP contribution >= 0.6 is 11.3 Å². The van der Waals surface area contributed by atoms with Gasteiger partial charge in [0.05, 0.1) is 12.6 Å². The summed E-state index contributed by atoms with van der Waals surface area (Å²) in [6, 6.07) is 9.29. The molecule has 0 radical (unpaired) electrons. The largest absolute Gasteiger partial charge is 0.493 e. The minimum Gasteiger partial charge on any atom is -0.493 e. The number of aryl methyl sites for hydroxylation is 2. The zero-order valence-corrected chi connectivity index (χ0v) is 13.8. The van der Waals surface area contributed by atoms with Crippen LogP contribution in [0.5, 0.6) is 5.75 Å². The van der Waals surface area contributed by atoms with E-state index in [1.165, 1.54) is 26.4 Å². The normalized spacial score (nSPS) is 14.8. The average Bonchev–Trinajstić information content (AvgIpc) is 3.06. The van der Waals surface area contributed by atoms with Crippen molar-refractivity contribution in [1.29, 1.82) is 0 Å². The molecule has 0 fully saturated rings. The van der Waals surface area contributed by atoms with Crippen LogP contribution in [-0.4, -0.2) is 13.2 Å². The molecular formula is C18H23NOS. The monoisotopic (exact) mass is 301 g/mol. The van der Waals surface area contributed by atoms with Crippen molar-refractivity contribution in [3.63, 3.8) is 0 Å². The third-order valence-corrected chi connectivity index (χ3v) is 5.33. The molecule has 3 heteroatoms. The van der Waals surface area contributed by atoms with Gasteiger partial charge in [-0.15, -0.1) is 11.3 Å². The fraction of sp³-hybridized carbons (Fsp3) is 0.444. The minimum atomic E-state index is 0.299. The van der Waals surface area contributed by atoms with E-state index in [0.717, 1.165) is 31.7 Å². The number of hydrogen-bond acceptors (Lipinski definition) is 3. The highest BCUT2D eigenvalue weighted by molar-refractivity contribution is 7.12. The standard InChI is InChI=1S/C18H23NOS/c1-4-8-19-18(17-10-12(2)13(3)21-17)15-5-6-16-14(11-15)7-9-20-16/h5-6,10-11,18-19H,4,7-9H2,1-3H3. The Morgan fingerprint density at radius 3 is 2.86 bits per heavy atom. The Morgan fingerprint density at radius 2 is 2.14 bits per heavy atom. The number of benzene rings is 1. The highest BCUT2D eigenvalue weighted by Crippen LogP contribution is 2.34. The lowest BCUT2D eigenvalue weighted by Crippen LogP contribution is -2.22. The molecule has 2 heterocycles. The van der Waals surface area contributed by atoms with Crippen molar-refractivity contribution in [3.8, 4) is 5.75 Å². The van der Waals surface area contributed by atoms with Crippen molar-refractivity contribution in [1.82, 2.24) is 5.32 Å². The van der Waals surface area contributed by atoms with Crippen LogP contribution < -0.4 is 10.1 Å². The van der Waals surface area contributed by atoms with Crippen LogP contribution in [0.4, 0.5) is 0 Å². The molecule has 1 aromatic heterocycles. The van der Waals surface area contributed by atoms with E-state index in [2.05, 4.69) is 50.4 Å². The smallest absolute Gasteiger partial charge is 0.122 e. The number of hydrogen-bond donors (Lipinski definition) is 1. The van der Waals surface area contributed by atoms with Gasteiger partial charge in [0.15, 0.2) is 0 Å². The van der Waals surface area contributed by atoms with Crippen LogP contribution in [0.15, 0.2) is 24.3 Å². The summed E-state index contributed by atoms with van der Waals surface area (Å²) in [7, 11) is 0. The summed E-state index contributed by atoms with van der Waals surface area (Å²) >= 11 is 1.91. The Labute approximate surface area is 131 Å². The Balaban J connectivity index is 1.95. The van der Waals surface area contributed by atoms with Crippen molar-refractivity contribution in [3.05, 3.63) is 50.7 Å². The predicted molar refractivity (Wildman–Crippen MR) is 89.6 cm³/mol.